The third-order valence-corrected chi connectivity index (χ3v) is 5.58. The fourth-order valence-electron chi connectivity index (χ4n) is 2.64. The van der Waals surface area contributed by atoms with Crippen molar-refractivity contribution in [3.63, 3.8) is 0 Å². The molecule has 1 aliphatic heterocycles. The number of hydrogen-bond acceptors (Lipinski definition) is 6. The summed E-state index contributed by atoms with van der Waals surface area (Å²) in [5.74, 6) is 0.791. The maximum atomic E-state index is 12.7. The number of aliphatic imine (C=N–C) groups is 1. The van der Waals surface area contributed by atoms with Gasteiger partial charge < -0.3 is 14.6 Å². The lowest BCUT2D eigenvalue weighted by atomic mass is 10.1. The molecule has 1 N–H and O–H groups in total. The average molecular weight is 431 g/mol. The molecule has 2 aromatic carbocycles. The lowest BCUT2D eigenvalue weighted by Gasteiger charge is -2.10. The van der Waals surface area contributed by atoms with Crippen molar-refractivity contribution in [1.82, 2.24) is 4.90 Å². The molecular formula is C21H19ClN2O4S. The largest absolute Gasteiger partial charge is 0.508 e. The summed E-state index contributed by atoms with van der Waals surface area (Å²) >= 11 is 7.57. The number of halogens is 1. The zero-order valence-corrected chi connectivity index (χ0v) is 17.7. The van der Waals surface area contributed by atoms with Gasteiger partial charge in [-0.2, -0.15) is 0 Å². The van der Waals surface area contributed by atoms with Gasteiger partial charge in [-0.25, -0.2) is 4.99 Å². The van der Waals surface area contributed by atoms with Crippen LogP contribution in [0, 0.1) is 0 Å². The van der Waals surface area contributed by atoms with Gasteiger partial charge in [-0.3, -0.25) is 9.69 Å². The summed E-state index contributed by atoms with van der Waals surface area (Å²) in [5, 5.41) is 10.5. The Kier molecular flexibility index (Phi) is 6.20. The molecule has 0 spiro atoms. The number of aliphatic hydroxyl groups excluding tert-OH is 1. The number of amidine groups is 1. The SMILES string of the molecule is C=C(O)c1cccc(/N=C2/S/C(=C\c3cc(OC)c(OC)cc3Cl)C(=O)N2C)c1. The van der Waals surface area contributed by atoms with Crippen molar-refractivity contribution in [2.24, 2.45) is 4.99 Å². The number of likely N-dealkylation sites (N-methyl/N-ethyl adjacent to an activating group) is 1. The molecule has 1 saturated heterocycles. The summed E-state index contributed by atoms with van der Waals surface area (Å²) in [6, 6.07) is 10.3. The van der Waals surface area contributed by atoms with Gasteiger partial charge in [0.25, 0.3) is 5.91 Å². The number of benzene rings is 2. The minimum atomic E-state index is -0.192. The Hall–Kier alpha value is -2.90. The molecule has 3 rings (SSSR count). The van der Waals surface area contributed by atoms with Crippen LogP contribution < -0.4 is 9.47 Å². The van der Waals surface area contributed by atoms with Crippen molar-refractivity contribution in [1.29, 1.82) is 0 Å². The van der Waals surface area contributed by atoms with Crippen molar-refractivity contribution >= 4 is 52.0 Å². The predicted octanol–water partition coefficient (Wildman–Crippen LogP) is 5.12. The van der Waals surface area contributed by atoms with Gasteiger partial charge in [0, 0.05) is 18.7 Å². The van der Waals surface area contributed by atoms with E-state index in [1.165, 1.54) is 30.9 Å². The molecule has 0 radical (unpaired) electrons. The highest BCUT2D eigenvalue weighted by molar-refractivity contribution is 8.18. The quantitative estimate of drug-likeness (QED) is 0.526. The van der Waals surface area contributed by atoms with Crippen LogP contribution in [0.3, 0.4) is 0 Å². The zero-order chi connectivity index (χ0) is 21.1. The van der Waals surface area contributed by atoms with Crippen LogP contribution in [0.4, 0.5) is 5.69 Å². The van der Waals surface area contributed by atoms with Gasteiger partial charge in [0.15, 0.2) is 16.7 Å². The second-order valence-corrected chi connectivity index (χ2v) is 7.51. The Labute approximate surface area is 178 Å². The summed E-state index contributed by atoms with van der Waals surface area (Å²) in [4.78, 5) is 19.1. The highest BCUT2D eigenvalue weighted by atomic mass is 35.5. The first-order valence-corrected chi connectivity index (χ1v) is 9.69. The molecule has 0 atom stereocenters. The number of amides is 1. The first-order valence-electron chi connectivity index (χ1n) is 8.50. The summed E-state index contributed by atoms with van der Waals surface area (Å²) in [7, 11) is 4.72. The maximum absolute atomic E-state index is 12.7. The van der Waals surface area contributed by atoms with E-state index >= 15 is 0 Å². The van der Waals surface area contributed by atoms with Crippen LogP contribution in [0.1, 0.15) is 11.1 Å². The Morgan fingerprint density at radius 3 is 2.59 bits per heavy atom. The Morgan fingerprint density at radius 1 is 1.24 bits per heavy atom. The summed E-state index contributed by atoms with van der Waals surface area (Å²) in [5.41, 5.74) is 1.80. The molecule has 0 saturated carbocycles. The minimum Gasteiger partial charge on any atom is -0.508 e. The van der Waals surface area contributed by atoms with Gasteiger partial charge in [-0.05, 0) is 41.6 Å². The van der Waals surface area contributed by atoms with Gasteiger partial charge in [0.1, 0.15) is 5.76 Å². The van der Waals surface area contributed by atoms with Crippen LogP contribution in [-0.4, -0.2) is 42.3 Å². The van der Waals surface area contributed by atoms with E-state index in [4.69, 9.17) is 21.1 Å². The third-order valence-electron chi connectivity index (χ3n) is 4.20. The van der Waals surface area contributed by atoms with Crippen molar-refractivity contribution in [2.75, 3.05) is 21.3 Å². The van der Waals surface area contributed by atoms with Crippen molar-refractivity contribution in [3.8, 4) is 11.5 Å². The molecule has 6 nitrogen and oxygen atoms in total. The minimum absolute atomic E-state index is 0.0424. The molecule has 0 bridgehead atoms. The topological polar surface area (TPSA) is 71.4 Å². The summed E-state index contributed by atoms with van der Waals surface area (Å²) in [6.45, 7) is 3.52. The van der Waals surface area contributed by atoms with Crippen LogP contribution in [0.5, 0.6) is 11.5 Å². The highest BCUT2D eigenvalue weighted by Crippen LogP contribution is 2.38. The standard InChI is InChI=1S/C21H19ClN2O4S/c1-12(25)13-6-5-7-15(8-13)23-21-24(2)20(26)19(29-21)10-14-9-17(27-3)18(28-4)11-16(14)22/h5-11,25H,1H2,2-4H3/b19-10-,23-21+. The van der Waals surface area contributed by atoms with Crippen LogP contribution >= 0.6 is 23.4 Å². The number of ether oxygens (including phenoxy) is 2. The average Bonchev–Trinajstić information content (AvgIpc) is 2.97. The molecule has 29 heavy (non-hydrogen) atoms. The number of carbonyl (C=O) groups excluding carboxylic acids is 1. The molecule has 1 fully saturated rings. The lowest BCUT2D eigenvalue weighted by Crippen LogP contribution is -2.23. The lowest BCUT2D eigenvalue weighted by molar-refractivity contribution is -0.121. The fraction of sp³-hybridized carbons (Fsp3) is 0.143. The smallest absolute Gasteiger partial charge is 0.266 e. The molecule has 1 heterocycles. The van der Waals surface area contributed by atoms with E-state index < -0.39 is 0 Å². The van der Waals surface area contributed by atoms with E-state index in [-0.39, 0.29) is 11.7 Å². The van der Waals surface area contributed by atoms with E-state index in [9.17, 15) is 9.90 Å². The second-order valence-electron chi connectivity index (χ2n) is 6.09. The van der Waals surface area contributed by atoms with Gasteiger partial charge >= 0.3 is 0 Å². The predicted molar refractivity (Wildman–Crippen MR) is 118 cm³/mol. The van der Waals surface area contributed by atoms with Gasteiger partial charge in [0.05, 0.1) is 29.8 Å². The Bertz CT molecular complexity index is 1050. The normalized spacial score (nSPS) is 16.6. The van der Waals surface area contributed by atoms with E-state index in [0.29, 0.717) is 43.4 Å². The molecule has 0 aliphatic carbocycles. The van der Waals surface area contributed by atoms with Gasteiger partial charge in [-0.1, -0.05) is 30.3 Å². The first-order chi connectivity index (χ1) is 13.8. The molecular weight excluding hydrogens is 412 g/mol. The highest BCUT2D eigenvalue weighted by Gasteiger charge is 2.30. The molecule has 0 aromatic heterocycles. The van der Waals surface area contributed by atoms with E-state index in [0.717, 1.165) is 0 Å². The van der Waals surface area contributed by atoms with E-state index in [1.807, 2.05) is 0 Å². The molecule has 1 amide bonds. The number of aliphatic hydroxyl groups is 1. The molecule has 0 unspecified atom stereocenters. The first kappa shape index (κ1) is 20.8. The third kappa shape index (κ3) is 4.41. The van der Waals surface area contributed by atoms with Crippen LogP contribution in [-0.2, 0) is 4.79 Å². The van der Waals surface area contributed by atoms with Crippen molar-refractivity contribution in [3.05, 3.63) is 64.0 Å². The van der Waals surface area contributed by atoms with Gasteiger partial charge in [0.2, 0.25) is 0 Å². The Balaban J connectivity index is 1.95. The number of rotatable bonds is 5. The molecule has 8 heteroatoms. The van der Waals surface area contributed by atoms with Crippen LogP contribution in [0.15, 0.2) is 52.9 Å². The van der Waals surface area contributed by atoms with Crippen LogP contribution in [0.2, 0.25) is 5.02 Å². The van der Waals surface area contributed by atoms with Gasteiger partial charge in [-0.15, -0.1) is 0 Å². The Morgan fingerprint density at radius 2 is 1.93 bits per heavy atom. The monoisotopic (exact) mass is 430 g/mol. The number of nitrogens with zero attached hydrogens (tertiary/aromatic N) is 2. The summed E-state index contributed by atoms with van der Waals surface area (Å²) in [6.07, 6.45) is 1.70. The molecule has 150 valence electrons. The van der Waals surface area contributed by atoms with Crippen molar-refractivity contribution in [2.45, 2.75) is 0 Å². The van der Waals surface area contributed by atoms with Crippen LogP contribution in [0.25, 0.3) is 11.8 Å². The number of carbonyl (C=O) groups is 1. The molecule has 2 aromatic rings. The number of thioether (sulfide) groups is 1. The fourth-order valence-corrected chi connectivity index (χ4v) is 3.82. The van der Waals surface area contributed by atoms with Crippen molar-refractivity contribution < 1.29 is 19.4 Å². The van der Waals surface area contributed by atoms with E-state index in [2.05, 4.69) is 11.6 Å². The van der Waals surface area contributed by atoms with E-state index in [1.54, 1.807) is 49.5 Å². The zero-order valence-electron chi connectivity index (χ0n) is 16.1. The number of methoxy groups -OCH3 is 2. The maximum Gasteiger partial charge on any atom is 0.266 e. The second kappa shape index (κ2) is 8.63. The summed E-state index contributed by atoms with van der Waals surface area (Å²) < 4.78 is 10.5. The number of hydrogen-bond donors (Lipinski definition) is 1. The molecule has 1 aliphatic rings.